The van der Waals surface area contributed by atoms with Crippen molar-refractivity contribution in [3.63, 3.8) is 0 Å². The second kappa shape index (κ2) is 4.51. The number of aryl methyl sites for hydroxylation is 1. The lowest BCUT2D eigenvalue weighted by atomic mass is 10.2. The van der Waals surface area contributed by atoms with Crippen molar-refractivity contribution in [2.24, 2.45) is 0 Å². The highest BCUT2D eigenvalue weighted by Gasteiger charge is 2.13. The third kappa shape index (κ3) is 1.91. The molecule has 5 heteroatoms. The SMILES string of the molecule is Cc1nc2sc(Cc3ccccc3)nn2c1CO. The van der Waals surface area contributed by atoms with Crippen molar-refractivity contribution in [1.82, 2.24) is 14.6 Å². The Bertz CT molecular complexity index is 672. The molecule has 0 atom stereocenters. The summed E-state index contributed by atoms with van der Waals surface area (Å²) < 4.78 is 1.75. The molecule has 0 bridgehead atoms. The minimum absolute atomic E-state index is 0.0263. The van der Waals surface area contributed by atoms with Crippen molar-refractivity contribution in [3.8, 4) is 0 Å². The standard InChI is InChI=1S/C13H13N3OS/c1-9-11(8-17)16-13(14-9)18-12(15-16)7-10-5-3-2-4-6-10/h2-6,17H,7-8H2,1H3. The van der Waals surface area contributed by atoms with Crippen LogP contribution >= 0.6 is 11.3 Å². The molecule has 2 aromatic heterocycles. The summed E-state index contributed by atoms with van der Waals surface area (Å²) in [4.78, 5) is 5.25. The first kappa shape index (κ1) is 11.4. The minimum atomic E-state index is -0.0263. The molecule has 0 radical (unpaired) electrons. The molecule has 3 rings (SSSR count). The molecule has 0 saturated heterocycles. The molecule has 0 unspecified atom stereocenters. The van der Waals surface area contributed by atoms with Crippen LogP contribution in [0.4, 0.5) is 0 Å². The van der Waals surface area contributed by atoms with E-state index in [1.165, 1.54) is 5.56 Å². The number of hydrogen-bond acceptors (Lipinski definition) is 4. The Morgan fingerprint density at radius 1 is 1.28 bits per heavy atom. The maximum atomic E-state index is 9.31. The van der Waals surface area contributed by atoms with E-state index in [2.05, 4.69) is 22.2 Å². The van der Waals surface area contributed by atoms with E-state index in [4.69, 9.17) is 0 Å². The molecule has 0 aliphatic carbocycles. The van der Waals surface area contributed by atoms with Gasteiger partial charge >= 0.3 is 0 Å². The van der Waals surface area contributed by atoms with E-state index in [-0.39, 0.29) is 6.61 Å². The first-order valence-corrected chi connectivity index (χ1v) is 6.58. The van der Waals surface area contributed by atoms with Crippen LogP contribution in [0.2, 0.25) is 0 Å². The Balaban J connectivity index is 1.97. The average Bonchev–Trinajstić information content (AvgIpc) is 2.86. The average molecular weight is 259 g/mol. The zero-order chi connectivity index (χ0) is 12.5. The van der Waals surface area contributed by atoms with Crippen molar-refractivity contribution in [2.75, 3.05) is 0 Å². The van der Waals surface area contributed by atoms with E-state index >= 15 is 0 Å². The molecule has 0 saturated carbocycles. The molecule has 0 aliphatic rings. The molecule has 1 N–H and O–H groups in total. The number of aromatic nitrogens is 3. The maximum Gasteiger partial charge on any atom is 0.212 e. The van der Waals surface area contributed by atoms with Gasteiger partial charge in [0.2, 0.25) is 4.96 Å². The van der Waals surface area contributed by atoms with Crippen LogP contribution in [0.25, 0.3) is 4.96 Å². The van der Waals surface area contributed by atoms with Gasteiger partial charge in [0.25, 0.3) is 0 Å². The van der Waals surface area contributed by atoms with Gasteiger partial charge in [0.05, 0.1) is 18.0 Å². The third-order valence-corrected chi connectivity index (χ3v) is 3.79. The van der Waals surface area contributed by atoms with Gasteiger partial charge < -0.3 is 5.11 Å². The van der Waals surface area contributed by atoms with Gasteiger partial charge in [-0.3, -0.25) is 0 Å². The lowest BCUT2D eigenvalue weighted by molar-refractivity contribution is 0.273. The molecular formula is C13H13N3OS. The summed E-state index contributed by atoms with van der Waals surface area (Å²) in [5, 5.41) is 14.8. The summed E-state index contributed by atoms with van der Waals surface area (Å²) >= 11 is 1.57. The largest absolute Gasteiger partial charge is 0.390 e. The lowest BCUT2D eigenvalue weighted by Gasteiger charge is -1.96. The molecule has 4 nitrogen and oxygen atoms in total. The Morgan fingerprint density at radius 2 is 2.06 bits per heavy atom. The van der Waals surface area contributed by atoms with Crippen LogP contribution < -0.4 is 0 Å². The van der Waals surface area contributed by atoms with Crippen molar-refractivity contribution in [3.05, 3.63) is 52.3 Å². The van der Waals surface area contributed by atoms with E-state index in [0.29, 0.717) is 0 Å². The van der Waals surface area contributed by atoms with E-state index in [0.717, 1.165) is 27.8 Å². The predicted octanol–water partition coefficient (Wildman–Crippen LogP) is 2.18. The lowest BCUT2D eigenvalue weighted by Crippen LogP contribution is -1.96. The summed E-state index contributed by atoms with van der Waals surface area (Å²) in [7, 11) is 0. The first-order chi connectivity index (χ1) is 8.78. The number of aliphatic hydroxyl groups is 1. The molecule has 3 aromatic rings. The summed E-state index contributed by atoms with van der Waals surface area (Å²) in [5.74, 6) is 0. The van der Waals surface area contributed by atoms with Gasteiger partial charge in [-0.25, -0.2) is 9.50 Å². The fourth-order valence-corrected chi connectivity index (χ4v) is 2.95. The third-order valence-electron chi connectivity index (χ3n) is 2.89. The molecule has 0 spiro atoms. The van der Waals surface area contributed by atoms with Crippen molar-refractivity contribution in [1.29, 1.82) is 0 Å². The number of hydrogen-bond donors (Lipinski definition) is 1. The highest BCUT2D eigenvalue weighted by Crippen LogP contribution is 2.20. The molecule has 0 aliphatic heterocycles. The zero-order valence-corrected chi connectivity index (χ0v) is 10.8. The second-order valence-electron chi connectivity index (χ2n) is 4.15. The maximum absolute atomic E-state index is 9.31. The predicted molar refractivity (Wildman–Crippen MR) is 70.8 cm³/mol. The Morgan fingerprint density at radius 3 is 2.78 bits per heavy atom. The van der Waals surface area contributed by atoms with Gasteiger partial charge in [0.1, 0.15) is 5.01 Å². The number of rotatable bonds is 3. The van der Waals surface area contributed by atoms with Gasteiger partial charge in [-0.1, -0.05) is 41.7 Å². The van der Waals surface area contributed by atoms with Crippen LogP contribution in [0.15, 0.2) is 30.3 Å². The molecule has 18 heavy (non-hydrogen) atoms. The number of benzene rings is 1. The summed E-state index contributed by atoms with van der Waals surface area (Å²) in [6.07, 6.45) is 0.804. The van der Waals surface area contributed by atoms with E-state index in [9.17, 15) is 5.11 Å². The van der Waals surface area contributed by atoms with Crippen LogP contribution in [0.3, 0.4) is 0 Å². The highest BCUT2D eigenvalue weighted by atomic mass is 32.1. The second-order valence-corrected chi connectivity index (χ2v) is 5.20. The van der Waals surface area contributed by atoms with Crippen LogP contribution in [0.1, 0.15) is 22.0 Å². The Kier molecular flexibility index (Phi) is 2.85. The van der Waals surface area contributed by atoms with Gasteiger partial charge in [0.15, 0.2) is 0 Å². The number of nitrogens with zero attached hydrogens (tertiary/aromatic N) is 3. The fourth-order valence-electron chi connectivity index (χ4n) is 1.95. The Hall–Kier alpha value is -1.72. The van der Waals surface area contributed by atoms with E-state index in [1.54, 1.807) is 15.9 Å². The number of aliphatic hydroxyl groups excluding tert-OH is 1. The van der Waals surface area contributed by atoms with Crippen molar-refractivity contribution < 1.29 is 5.11 Å². The van der Waals surface area contributed by atoms with Gasteiger partial charge in [-0.15, -0.1) is 0 Å². The zero-order valence-electron chi connectivity index (χ0n) is 10.00. The summed E-state index contributed by atoms with van der Waals surface area (Å²) in [5.41, 5.74) is 2.86. The quantitative estimate of drug-likeness (QED) is 0.784. The molecular weight excluding hydrogens is 246 g/mol. The summed E-state index contributed by atoms with van der Waals surface area (Å²) in [6, 6.07) is 10.2. The smallest absolute Gasteiger partial charge is 0.212 e. The van der Waals surface area contributed by atoms with Crippen LogP contribution in [0, 0.1) is 6.92 Å². The van der Waals surface area contributed by atoms with E-state index < -0.39 is 0 Å². The molecule has 0 amide bonds. The van der Waals surface area contributed by atoms with E-state index in [1.807, 2.05) is 25.1 Å². The number of imidazole rings is 1. The van der Waals surface area contributed by atoms with Crippen molar-refractivity contribution >= 4 is 16.3 Å². The monoisotopic (exact) mass is 259 g/mol. The topological polar surface area (TPSA) is 50.4 Å². The van der Waals surface area contributed by atoms with Gasteiger partial charge in [-0.05, 0) is 12.5 Å². The molecule has 92 valence electrons. The molecule has 1 aromatic carbocycles. The first-order valence-electron chi connectivity index (χ1n) is 5.76. The van der Waals surface area contributed by atoms with Crippen molar-refractivity contribution in [2.45, 2.75) is 20.0 Å². The normalized spacial score (nSPS) is 11.2. The number of fused-ring (bicyclic) bond motifs is 1. The molecule has 0 fully saturated rings. The van der Waals surface area contributed by atoms with Gasteiger partial charge in [-0.2, -0.15) is 5.10 Å². The highest BCUT2D eigenvalue weighted by molar-refractivity contribution is 7.16. The summed E-state index contributed by atoms with van der Waals surface area (Å²) in [6.45, 7) is 1.87. The van der Waals surface area contributed by atoms with Crippen LogP contribution in [0.5, 0.6) is 0 Å². The minimum Gasteiger partial charge on any atom is -0.390 e. The van der Waals surface area contributed by atoms with Crippen LogP contribution in [-0.2, 0) is 13.0 Å². The molecule has 2 heterocycles. The van der Waals surface area contributed by atoms with Gasteiger partial charge in [0, 0.05) is 6.42 Å². The van der Waals surface area contributed by atoms with Crippen LogP contribution in [-0.4, -0.2) is 19.7 Å². The fraction of sp³-hybridized carbons (Fsp3) is 0.231. The Labute approximate surface area is 109 Å².